The van der Waals surface area contributed by atoms with Crippen LogP contribution in [0.2, 0.25) is 0 Å². The van der Waals surface area contributed by atoms with Crippen LogP contribution in [0.4, 0.5) is 4.39 Å². The van der Waals surface area contributed by atoms with E-state index >= 15 is 0 Å². The summed E-state index contributed by atoms with van der Waals surface area (Å²) in [5.74, 6) is -0.550. The van der Waals surface area contributed by atoms with Gasteiger partial charge in [0.15, 0.2) is 0 Å². The van der Waals surface area contributed by atoms with Crippen molar-refractivity contribution >= 4 is 5.91 Å². The zero-order valence-electron chi connectivity index (χ0n) is 10.5. The normalized spacial score (nSPS) is 15.3. The molecule has 1 fully saturated rings. The van der Waals surface area contributed by atoms with Gasteiger partial charge in [0.2, 0.25) is 0 Å². The zero-order valence-corrected chi connectivity index (χ0v) is 10.5. The Morgan fingerprint density at radius 2 is 2.22 bits per heavy atom. The predicted octanol–water partition coefficient (Wildman–Crippen LogP) is 2.12. The smallest absolute Gasteiger partial charge is 0.254 e. The van der Waals surface area contributed by atoms with Crippen LogP contribution in [-0.2, 0) is 0 Å². The number of carbonyl (C=O) groups is 1. The van der Waals surface area contributed by atoms with Crippen LogP contribution in [0.1, 0.15) is 35.2 Å². The summed E-state index contributed by atoms with van der Waals surface area (Å²) in [5, 5.41) is 9.03. The van der Waals surface area contributed by atoms with Gasteiger partial charge in [-0.05, 0) is 43.9 Å². The molecular weight excluding hydrogens is 233 g/mol. The average Bonchev–Trinajstić information content (AvgIpc) is 2.29. The van der Waals surface area contributed by atoms with Crippen LogP contribution in [0.15, 0.2) is 18.2 Å². The summed E-state index contributed by atoms with van der Waals surface area (Å²) in [6.07, 6.45) is 3.06. The largest absolute Gasteiger partial charge is 0.395 e. The van der Waals surface area contributed by atoms with Gasteiger partial charge in [-0.25, -0.2) is 4.39 Å². The number of amides is 1. The maximum absolute atomic E-state index is 13.5. The molecule has 0 saturated heterocycles. The van der Waals surface area contributed by atoms with Gasteiger partial charge in [0, 0.05) is 18.2 Å². The Balaban J connectivity index is 2.18. The fraction of sp³-hybridized carbons (Fsp3) is 0.500. The second-order valence-electron chi connectivity index (χ2n) is 4.77. The fourth-order valence-corrected chi connectivity index (χ4v) is 2.15. The second-order valence-corrected chi connectivity index (χ2v) is 4.77. The van der Waals surface area contributed by atoms with E-state index in [1.54, 1.807) is 24.0 Å². The van der Waals surface area contributed by atoms with Gasteiger partial charge >= 0.3 is 0 Å². The molecule has 1 aromatic rings. The van der Waals surface area contributed by atoms with Crippen LogP contribution < -0.4 is 0 Å². The number of benzene rings is 1. The second kappa shape index (κ2) is 5.48. The lowest BCUT2D eigenvalue weighted by molar-refractivity contribution is 0.0525. The van der Waals surface area contributed by atoms with Crippen LogP contribution in [0.5, 0.6) is 0 Å². The Labute approximate surface area is 106 Å². The maximum atomic E-state index is 13.5. The van der Waals surface area contributed by atoms with E-state index in [4.69, 9.17) is 5.11 Å². The third-order valence-corrected chi connectivity index (χ3v) is 3.54. The Kier molecular flexibility index (Phi) is 3.97. The van der Waals surface area contributed by atoms with Gasteiger partial charge in [0.1, 0.15) is 5.82 Å². The molecule has 1 aliphatic rings. The molecule has 1 aromatic carbocycles. The minimum Gasteiger partial charge on any atom is -0.395 e. The first-order valence-electron chi connectivity index (χ1n) is 6.31. The first-order valence-corrected chi connectivity index (χ1v) is 6.31. The SMILES string of the molecule is Cc1ccc(C(=O)N(CCO)C2CCC2)cc1F. The van der Waals surface area contributed by atoms with Crippen molar-refractivity contribution < 1.29 is 14.3 Å². The van der Waals surface area contributed by atoms with E-state index in [1.165, 1.54) is 6.07 Å². The van der Waals surface area contributed by atoms with Crippen molar-refractivity contribution in [3.63, 3.8) is 0 Å². The number of aryl methyl sites for hydroxylation is 1. The third kappa shape index (κ3) is 2.53. The lowest BCUT2D eigenvalue weighted by atomic mass is 9.91. The number of nitrogens with zero attached hydrogens (tertiary/aromatic N) is 1. The number of carbonyl (C=O) groups excluding carboxylic acids is 1. The number of hydrogen-bond acceptors (Lipinski definition) is 2. The van der Waals surface area contributed by atoms with Gasteiger partial charge in [0.05, 0.1) is 6.61 Å². The minimum atomic E-state index is -0.363. The molecule has 0 spiro atoms. The lowest BCUT2D eigenvalue weighted by Crippen LogP contribution is -2.45. The van der Waals surface area contributed by atoms with Crippen molar-refractivity contribution in [1.29, 1.82) is 0 Å². The predicted molar refractivity (Wildman–Crippen MR) is 66.9 cm³/mol. The maximum Gasteiger partial charge on any atom is 0.254 e. The van der Waals surface area contributed by atoms with E-state index in [1.807, 2.05) is 0 Å². The van der Waals surface area contributed by atoms with Crippen molar-refractivity contribution in [2.24, 2.45) is 0 Å². The van der Waals surface area contributed by atoms with Gasteiger partial charge in [0.25, 0.3) is 5.91 Å². The number of aliphatic hydroxyl groups excluding tert-OH is 1. The van der Waals surface area contributed by atoms with Crippen molar-refractivity contribution in [2.45, 2.75) is 32.2 Å². The highest BCUT2D eigenvalue weighted by Gasteiger charge is 2.29. The number of hydrogen-bond donors (Lipinski definition) is 1. The van der Waals surface area contributed by atoms with Crippen LogP contribution in [0.3, 0.4) is 0 Å². The molecule has 0 heterocycles. The fourth-order valence-electron chi connectivity index (χ4n) is 2.15. The zero-order chi connectivity index (χ0) is 13.1. The first-order chi connectivity index (χ1) is 8.63. The Morgan fingerprint density at radius 1 is 1.50 bits per heavy atom. The highest BCUT2D eigenvalue weighted by Crippen LogP contribution is 2.26. The average molecular weight is 251 g/mol. The van der Waals surface area contributed by atoms with Gasteiger partial charge in [-0.15, -0.1) is 0 Å². The molecule has 4 heteroatoms. The van der Waals surface area contributed by atoms with Crippen molar-refractivity contribution in [1.82, 2.24) is 4.90 Å². The van der Waals surface area contributed by atoms with E-state index in [-0.39, 0.29) is 24.4 Å². The van der Waals surface area contributed by atoms with E-state index < -0.39 is 0 Å². The Morgan fingerprint density at radius 3 is 2.72 bits per heavy atom. The molecule has 0 atom stereocenters. The summed E-state index contributed by atoms with van der Waals surface area (Å²) in [5.41, 5.74) is 0.891. The standard InChI is InChI=1S/C14H18FNO2/c1-10-5-6-11(9-13(10)15)14(18)16(7-8-17)12-3-2-4-12/h5-6,9,12,17H,2-4,7-8H2,1H3. The van der Waals surface area contributed by atoms with E-state index in [9.17, 15) is 9.18 Å². The molecule has 2 rings (SSSR count). The Bertz CT molecular complexity index is 443. The van der Waals surface area contributed by atoms with Crippen LogP contribution in [0, 0.1) is 12.7 Å². The molecule has 0 unspecified atom stereocenters. The van der Waals surface area contributed by atoms with E-state index in [2.05, 4.69) is 0 Å². The third-order valence-electron chi connectivity index (χ3n) is 3.54. The first kappa shape index (κ1) is 13.0. The van der Waals surface area contributed by atoms with Gasteiger partial charge in [-0.2, -0.15) is 0 Å². The monoisotopic (exact) mass is 251 g/mol. The molecule has 18 heavy (non-hydrogen) atoms. The minimum absolute atomic E-state index is 0.0589. The van der Waals surface area contributed by atoms with E-state index in [0.717, 1.165) is 19.3 Å². The summed E-state index contributed by atoms with van der Waals surface area (Å²) in [6.45, 7) is 1.93. The topological polar surface area (TPSA) is 40.5 Å². The summed E-state index contributed by atoms with van der Waals surface area (Å²) >= 11 is 0. The molecule has 98 valence electrons. The van der Waals surface area contributed by atoms with Crippen molar-refractivity contribution in [3.8, 4) is 0 Å². The highest BCUT2D eigenvalue weighted by atomic mass is 19.1. The number of rotatable bonds is 4. The molecule has 1 N–H and O–H groups in total. The quantitative estimate of drug-likeness (QED) is 0.890. The summed E-state index contributed by atoms with van der Waals surface area (Å²) in [4.78, 5) is 13.9. The van der Waals surface area contributed by atoms with Crippen LogP contribution in [0.25, 0.3) is 0 Å². The number of halogens is 1. The highest BCUT2D eigenvalue weighted by molar-refractivity contribution is 5.94. The molecule has 0 bridgehead atoms. The van der Waals surface area contributed by atoms with Crippen molar-refractivity contribution in [2.75, 3.05) is 13.2 Å². The lowest BCUT2D eigenvalue weighted by Gasteiger charge is -2.37. The summed E-state index contributed by atoms with van der Waals surface area (Å²) in [7, 11) is 0. The molecule has 0 radical (unpaired) electrons. The van der Waals surface area contributed by atoms with Crippen LogP contribution >= 0.6 is 0 Å². The molecule has 1 saturated carbocycles. The molecule has 0 aromatic heterocycles. The van der Waals surface area contributed by atoms with E-state index in [0.29, 0.717) is 17.7 Å². The Hall–Kier alpha value is -1.42. The van der Waals surface area contributed by atoms with Gasteiger partial charge in [-0.3, -0.25) is 4.79 Å². The van der Waals surface area contributed by atoms with Gasteiger partial charge < -0.3 is 10.0 Å². The summed E-state index contributed by atoms with van der Waals surface area (Å²) < 4.78 is 13.5. The molecular formula is C14H18FNO2. The van der Waals surface area contributed by atoms with Crippen LogP contribution in [-0.4, -0.2) is 35.1 Å². The molecule has 0 aliphatic heterocycles. The molecule has 1 amide bonds. The summed E-state index contributed by atoms with van der Waals surface area (Å²) in [6, 6.07) is 4.74. The molecule has 1 aliphatic carbocycles. The molecule has 3 nitrogen and oxygen atoms in total. The van der Waals surface area contributed by atoms with Gasteiger partial charge in [-0.1, -0.05) is 6.07 Å². The number of aliphatic hydroxyl groups is 1. The van der Waals surface area contributed by atoms with Crippen molar-refractivity contribution in [3.05, 3.63) is 35.1 Å².